The maximum atomic E-state index is 12.5. The predicted octanol–water partition coefficient (Wildman–Crippen LogP) is 1.92. The molecule has 6 nitrogen and oxygen atoms in total. The van der Waals surface area contributed by atoms with Gasteiger partial charge in [0, 0.05) is 25.7 Å². The number of hydrogen-bond acceptors (Lipinski definition) is 5. The molecule has 0 aromatic heterocycles. The van der Waals surface area contributed by atoms with Gasteiger partial charge in [-0.05, 0) is 43.2 Å². The number of ether oxygens (including phenoxy) is 1. The smallest absolute Gasteiger partial charge is 0.240 e. The predicted molar refractivity (Wildman–Crippen MR) is 104 cm³/mol. The van der Waals surface area contributed by atoms with E-state index in [2.05, 4.69) is 9.62 Å². The summed E-state index contributed by atoms with van der Waals surface area (Å²) in [6.07, 6.45) is 0.784. The second-order valence-electron chi connectivity index (χ2n) is 6.87. The summed E-state index contributed by atoms with van der Waals surface area (Å²) in [4.78, 5) is 2.54. The van der Waals surface area contributed by atoms with Gasteiger partial charge in [-0.2, -0.15) is 0 Å². The molecule has 1 heterocycles. The lowest BCUT2D eigenvalue weighted by Gasteiger charge is -2.17. The van der Waals surface area contributed by atoms with Crippen molar-refractivity contribution in [2.75, 3.05) is 26.3 Å². The van der Waals surface area contributed by atoms with Crippen molar-refractivity contribution in [2.45, 2.75) is 30.8 Å². The number of benzene rings is 2. The summed E-state index contributed by atoms with van der Waals surface area (Å²) >= 11 is 0. The molecule has 0 spiro atoms. The van der Waals surface area contributed by atoms with Gasteiger partial charge in [-0.25, -0.2) is 13.1 Å². The van der Waals surface area contributed by atoms with E-state index in [0.717, 1.165) is 36.4 Å². The van der Waals surface area contributed by atoms with E-state index in [0.29, 0.717) is 11.4 Å². The van der Waals surface area contributed by atoms with Crippen LogP contribution in [0.5, 0.6) is 5.75 Å². The molecular formula is C20H26N2O4S. The fourth-order valence-corrected chi connectivity index (χ4v) is 4.49. The van der Waals surface area contributed by atoms with Crippen molar-refractivity contribution in [3.63, 3.8) is 0 Å². The average molecular weight is 391 g/mol. The molecule has 0 bridgehead atoms. The minimum Gasteiger partial charge on any atom is -0.491 e. The number of hydrogen-bond donors (Lipinski definition) is 2. The Kier molecular flexibility index (Phi) is 6.49. The Morgan fingerprint density at radius 1 is 1.22 bits per heavy atom. The lowest BCUT2D eigenvalue weighted by molar-refractivity contribution is 0.201. The number of rotatable bonds is 8. The minimum absolute atomic E-state index is 0.0147. The molecule has 2 aromatic rings. The number of nitrogens with zero attached hydrogens (tertiary/aromatic N) is 1. The molecule has 3 rings (SSSR count). The largest absolute Gasteiger partial charge is 0.491 e. The Hall–Kier alpha value is -1.93. The van der Waals surface area contributed by atoms with Crippen molar-refractivity contribution in [1.82, 2.24) is 9.62 Å². The van der Waals surface area contributed by atoms with Crippen LogP contribution in [0.25, 0.3) is 0 Å². The number of likely N-dealkylation sites (tertiary alicyclic amines) is 1. The number of aliphatic hydroxyl groups excluding tert-OH is 1. The van der Waals surface area contributed by atoms with Crippen LogP contribution in [0.4, 0.5) is 0 Å². The molecule has 1 fully saturated rings. The van der Waals surface area contributed by atoms with Crippen LogP contribution in [0.15, 0.2) is 53.4 Å². The molecule has 27 heavy (non-hydrogen) atoms. The van der Waals surface area contributed by atoms with Gasteiger partial charge in [-0.1, -0.05) is 29.8 Å². The molecule has 1 atom stereocenters. The molecule has 1 aliphatic heterocycles. The average Bonchev–Trinajstić information content (AvgIpc) is 3.06. The lowest BCUT2D eigenvalue weighted by Crippen LogP contribution is -2.36. The monoisotopic (exact) mass is 390 g/mol. The molecule has 7 heteroatoms. The minimum atomic E-state index is -3.49. The highest BCUT2D eigenvalue weighted by atomic mass is 32.2. The zero-order chi connectivity index (χ0) is 19.3. The van der Waals surface area contributed by atoms with Crippen molar-refractivity contribution in [2.24, 2.45) is 0 Å². The normalized spacial score (nSPS) is 17.9. The van der Waals surface area contributed by atoms with Crippen LogP contribution in [-0.2, 0) is 16.6 Å². The van der Waals surface area contributed by atoms with E-state index in [1.54, 1.807) is 24.3 Å². The molecule has 1 saturated heterocycles. The molecular weight excluding hydrogens is 364 g/mol. The highest BCUT2D eigenvalue weighted by Crippen LogP contribution is 2.19. The zero-order valence-corrected chi connectivity index (χ0v) is 16.3. The van der Waals surface area contributed by atoms with Crippen LogP contribution < -0.4 is 9.46 Å². The van der Waals surface area contributed by atoms with Crippen LogP contribution in [0.3, 0.4) is 0 Å². The van der Waals surface area contributed by atoms with Crippen LogP contribution >= 0.6 is 0 Å². The number of aryl methyl sites for hydroxylation is 1. The van der Waals surface area contributed by atoms with E-state index < -0.39 is 10.0 Å². The first kappa shape index (κ1) is 19.8. The van der Waals surface area contributed by atoms with E-state index in [9.17, 15) is 8.42 Å². The molecule has 0 aliphatic carbocycles. The van der Waals surface area contributed by atoms with Crippen LogP contribution in [0.1, 0.15) is 17.5 Å². The first-order chi connectivity index (χ1) is 13.0. The van der Waals surface area contributed by atoms with Crippen molar-refractivity contribution < 1.29 is 18.3 Å². The highest BCUT2D eigenvalue weighted by molar-refractivity contribution is 7.89. The standard InChI is InChI=1S/C20H26N2O4S/c1-16-5-7-20(8-6-16)27(24,25)21-18-9-10-22(15-18)14-17-3-2-4-19(13-17)26-12-11-23/h2-8,13,18,21,23H,9-12,14-15H2,1H3/t18-/m1/s1. The Morgan fingerprint density at radius 3 is 2.74 bits per heavy atom. The third kappa shape index (κ3) is 5.52. The summed E-state index contributed by atoms with van der Waals surface area (Å²) in [7, 11) is -3.49. The molecule has 146 valence electrons. The number of sulfonamides is 1. The lowest BCUT2D eigenvalue weighted by atomic mass is 10.2. The van der Waals surface area contributed by atoms with Gasteiger partial charge in [0.25, 0.3) is 0 Å². The third-order valence-electron chi connectivity index (χ3n) is 4.59. The molecule has 1 aliphatic rings. The topological polar surface area (TPSA) is 78.9 Å². The van der Waals surface area contributed by atoms with Crippen molar-refractivity contribution in [3.05, 3.63) is 59.7 Å². The van der Waals surface area contributed by atoms with E-state index in [-0.39, 0.29) is 19.3 Å². The Labute approximate surface area is 160 Å². The van der Waals surface area contributed by atoms with Crippen LogP contribution in [0.2, 0.25) is 0 Å². The number of nitrogens with one attached hydrogen (secondary N) is 1. The summed E-state index contributed by atoms with van der Waals surface area (Å²) < 4.78 is 33.4. The van der Waals surface area contributed by atoms with E-state index >= 15 is 0 Å². The van der Waals surface area contributed by atoms with Gasteiger partial charge in [0.15, 0.2) is 0 Å². The fraction of sp³-hybridized carbons (Fsp3) is 0.400. The summed E-state index contributed by atoms with van der Waals surface area (Å²) in [6.45, 7) is 4.44. The van der Waals surface area contributed by atoms with Gasteiger partial charge < -0.3 is 9.84 Å². The summed E-state index contributed by atoms with van der Waals surface area (Å²) in [5.74, 6) is 0.734. The Morgan fingerprint density at radius 2 is 2.00 bits per heavy atom. The van der Waals surface area contributed by atoms with E-state index in [1.165, 1.54) is 0 Å². The quantitative estimate of drug-likeness (QED) is 0.720. The van der Waals surface area contributed by atoms with Gasteiger partial charge >= 0.3 is 0 Å². The first-order valence-electron chi connectivity index (χ1n) is 9.10. The van der Waals surface area contributed by atoms with Gasteiger partial charge in [-0.3, -0.25) is 4.90 Å². The molecule has 2 aromatic carbocycles. The van der Waals surface area contributed by atoms with Crippen LogP contribution in [0, 0.1) is 6.92 Å². The second-order valence-corrected chi connectivity index (χ2v) is 8.59. The second kappa shape index (κ2) is 8.84. The van der Waals surface area contributed by atoms with E-state index in [1.807, 2.05) is 31.2 Å². The van der Waals surface area contributed by atoms with Gasteiger partial charge in [-0.15, -0.1) is 0 Å². The van der Waals surface area contributed by atoms with Gasteiger partial charge in [0.1, 0.15) is 12.4 Å². The molecule has 0 radical (unpaired) electrons. The molecule has 0 amide bonds. The summed E-state index contributed by atoms with van der Waals surface area (Å²) in [5.41, 5.74) is 2.14. The third-order valence-corrected chi connectivity index (χ3v) is 6.13. The Balaban J connectivity index is 1.56. The molecule has 0 unspecified atom stereocenters. The van der Waals surface area contributed by atoms with E-state index in [4.69, 9.17) is 9.84 Å². The SMILES string of the molecule is Cc1ccc(S(=O)(=O)N[C@@H]2CCN(Cc3cccc(OCCO)c3)C2)cc1. The molecule has 2 N–H and O–H groups in total. The van der Waals surface area contributed by atoms with Crippen molar-refractivity contribution in [3.8, 4) is 5.75 Å². The number of aliphatic hydroxyl groups is 1. The van der Waals surface area contributed by atoms with Crippen molar-refractivity contribution in [1.29, 1.82) is 0 Å². The fourth-order valence-electron chi connectivity index (χ4n) is 3.23. The maximum Gasteiger partial charge on any atom is 0.240 e. The van der Waals surface area contributed by atoms with Crippen molar-refractivity contribution >= 4 is 10.0 Å². The first-order valence-corrected chi connectivity index (χ1v) is 10.6. The Bertz CT molecular complexity index is 853. The summed E-state index contributed by atoms with van der Waals surface area (Å²) in [6, 6.07) is 14.6. The van der Waals surface area contributed by atoms with Crippen LogP contribution in [-0.4, -0.2) is 50.8 Å². The molecule has 0 saturated carbocycles. The summed E-state index contributed by atoms with van der Waals surface area (Å²) in [5, 5.41) is 8.86. The maximum absolute atomic E-state index is 12.5. The van der Waals surface area contributed by atoms with Gasteiger partial charge in [0.2, 0.25) is 10.0 Å². The van der Waals surface area contributed by atoms with Gasteiger partial charge in [0.05, 0.1) is 11.5 Å². The zero-order valence-electron chi connectivity index (χ0n) is 15.5. The highest BCUT2D eigenvalue weighted by Gasteiger charge is 2.27.